The summed E-state index contributed by atoms with van der Waals surface area (Å²) in [5, 5.41) is 13.6. The molecule has 1 atom stereocenters. The topological polar surface area (TPSA) is 81.5 Å². The number of rotatable bonds is 6. The Morgan fingerprint density at radius 2 is 2.05 bits per heavy atom. The van der Waals surface area contributed by atoms with Crippen LogP contribution in [0.3, 0.4) is 0 Å². The first kappa shape index (κ1) is 15.4. The molecule has 1 aliphatic rings. The first-order chi connectivity index (χ1) is 9.99. The standard InChI is InChI=1S/C15H20N2O4/c1-11(21-2)10-16-14(18)15(8-3-9-15)12-4-6-13(7-5-12)17(19)20/h4-7,11H,3,8-10H2,1-2H3,(H,16,18). The summed E-state index contributed by atoms with van der Waals surface area (Å²) in [5.74, 6) is -0.0218. The van der Waals surface area contributed by atoms with Crippen LogP contribution in [-0.2, 0) is 14.9 Å². The highest BCUT2D eigenvalue weighted by Gasteiger charge is 2.45. The summed E-state index contributed by atoms with van der Waals surface area (Å²) in [4.78, 5) is 22.8. The van der Waals surface area contributed by atoms with Crippen molar-refractivity contribution >= 4 is 11.6 Å². The lowest BCUT2D eigenvalue weighted by atomic mass is 9.63. The highest BCUT2D eigenvalue weighted by Crippen LogP contribution is 2.44. The van der Waals surface area contributed by atoms with Crippen molar-refractivity contribution in [3.8, 4) is 0 Å². The van der Waals surface area contributed by atoms with Crippen LogP contribution < -0.4 is 5.32 Å². The van der Waals surface area contributed by atoms with E-state index in [0.29, 0.717) is 6.54 Å². The number of carbonyl (C=O) groups excluding carboxylic acids is 1. The van der Waals surface area contributed by atoms with Gasteiger partial charge in [0.15, 0.2) is 0 Å². The van der Waals surface area contributed by atoms with E-state index in [4.69, 9.17) is 4.74 Å². The van der Waals surface area contributed by atoms with Gasteiger partial charge in [-0.05, 0) is 25.3 Å². The SMILES string of the molecule is COC(C)CNC(=O)C1(c2ccc([N+](=O)[O-])cc2)CCC1. The molecule has 1 fully saturated rings. The molecule has 1 aromatic carbocycles. The van der Waals surface area contributed by atoms with E-state index in [1.165, 1.54) is 12.1 Å². The van der Waals surface area contributed by atoms with Crippen molar-refractivity contribution in [2.24, 2.45) is 0 Å². The summed E-state index contributed by atoms with van der Waals surface area (Å²) < 4.78 is 5.12. The third kappa shape index (κ3) is 3.05. The second-order valence-corrected chi connectivity index (χ2v) is 5.50. The zero-order valence-corrected chi connectivity index (χ0v) is 12.3. The number of nitro benzene ring substituents is 1. The minimum absolute atomic E-state index is 0.0218. The van der Waals surface area contributed by atoms with Gasteiger partial charge in [0.05, 0.1) is 16.4 Å². The number of nitrogens with one attached hydrogen (secondary N) is 1. The van der Waals surface area contributed by atoms with Crippen LogP contribution in [0.15, 0.2) is 24.3 Å². The Morgan fingerprint density at radius 3 is 2.48 bits per heavy atom. The minimum Gasteiger partial charge on any atom is -0.380 e. The van der Waals surface area contributed by atoms with Crippen LogP contribution >= 0.6 is 0 Å². The van der Waals surface area contributed by atoms with Gasteiger partial charge in [-0.2, -0.15) is 0 Å². The van der Waals surface area contributed by atoms with Gasteiger partial charge in [-0.25, -0.2) is 0 Å². The van der Waals surface area contributed by atoms with E-state index in [0.717, 1.165) is 24.8 Å². The number of methoxy groups -OCH3 is 1. The molecule has 1 saturated carbocycles. The van der Waals surface area contributed by atoms with E-state index < -0.39 is 10.3 Å². The number of non-ortho nitro benzene ring substituents is 1. The number of benzene rings is 1. The lowest BCUT2D eigenvalue weighted by Gasteiger charge is -2.40. The Kier molecular flexibility index (Phi) is 4.57. The zero-order chi connectivity index (χ0) is 15.5. The average molecular weight is 292 g/mol. The summed E-state index contributed by atoms with van der Waals surface area (Å²) in [6, 6.07) is 6.30. The van der Waals surface area contributed by atoms with E-state index in [1.54, 1.807) is 19.2 Å². The molecule has 1 unspecified atom stereocenters. The molecular formula is C15H20N2O4. The average Bonchev–Trinajstić information content (AvgIpc) is 2.44. The Balaban J connectivity index is 2.13. The first-order valence-electron chi connectivity index (χ1n) is 7.05. The maximum absolute atomic E-state index is 12.5. The van der Waals surface area contributed by atoms with Crippen LogP contribution in [0.5, 0.6) is 0 Å². The van der Waals surface area contributed by atoms with Crippen molar-refractivity contribution in [1.29, 1.82) is 0 Å². The third-order valence-electron chi connectivity index (χ3n) is 4.22. The van der Waals surface area contributed by atoms with Crippen LogP contribution in [0, 0.1) is 10.1 Å². The number of nitro groups is 1. The van der Waals surface area contributed by atoms with Gasteiger partial charge >= 0.3 is 0 Å². The fourth-order valence-corrected chi connectivity index (χ4v) is 2.57. The second kappa shape index (κ2) is 6.22. The van der Waals surface area contributed by atoms with Gasteiger partial charge in [-0.1, -0.05) is 18.6 Å². The number of hydrogen-bond donors (Lipinski definition) is 1. The molecule has 0 aromatic heterocycles. The summed E-state index contributed by atoms with van der Waals surface area (Å²) in [6.07, 6.45) is 2.50. The maximum atomic E-state index is 12.5. The summed E-state index contributed by atoms with van der Waals surface area (Å²) in [7, 11) is 1.60. The molecule has 1 N–H and O–H groups in total. The van der Waals surface area contributed by atoms with Gasteiger partial charge in [0.1, 0.15) is 0 Å². The zero-order valence-electron chi connectivity index (χ0n) is 12.3. The summed E-state index contributed by atoms with van der Waals surface area (Å²) >= 11 is 0. The number of nitrogens with zero attached hydrogens (tertiary/aromatic N) is 1. The van der Waals surface area contributed by atoms with Crippen molar-refractivity contribution < 1.29 is 14.5 Å². The fourth-order valence-electron chi connectivity index (χ4n) is 2.57. The highest BCUT2D eigenvalue weighted by atomic mass is 16.6. The number of hydrogen-bond acceptors (Lipinski definition) is 4. The Hall–Kier alpha value is -1.95. The van der Waals surface area contributed by atoms with Gasteiger partial charge in [-0.3, -0.25) is 14.9 Å². The molecule has 114 valence electrons. The molecule has 6 heteroatoms. The van der Waals surface area contributed by atoms with E-state index in [9.17, 15) is 14.9 Å². The van der Waals surface area contributed by atoms with Crippen molar-refractivity contribution in [1.82, 2.24) is 5.32 Å². The lowest BCUT2D eigenvalue weighted by Crippen LogP contribution is -2.50. The van der Waals surface area contributed by atoms with Gasteiger partial charge in [0, 0.05) is 25.8 Å². The van der Waals surface area contributed by atoms with Gasteiger partial charge in [0.25, 0.3) is 5.69 Å². The van der Waals surface area contributed by atoms with E-state index >= 15 is 0 Å². The minimum atomic E-state index is -0.539. The van der Waals surface area contributed by atoms with Crippen LogP contribution in [-0.4, -0.2) is 30.6 Å². The molecule has 0 spiro atoms. The smallest absolute Gasteiger partial charge is 0.269 e. The molecule has 0 heterocycles. The molecule has 1 aliphatic carbocycles. The molecular weight excluding hydrogens is 272 g/mol. The molecule has 0 saturated heterocycles. The van der Waals surface area contributed by atoms with Gasteiger partial charge in [-0.15, -0.1) is 0 Å². The largest absolute Gasteiger partial charge is 0.380 e. The first-order valence-corrected chi connectivity index (χ1v) is 7.05. The quantitative estimate of drug-likeness (QED) is 0.643. The Bertz CT molecular complexity index is 523. The third-order valence-corrected chi connectivity index (χ3v) is 4.22. The van der Waals surface area contributed by atoms with Gasteiger partial charge < -0.3 is 10.1 Å². The maximum Gasteiger partial charge on any atom is 0.269 e. The summed E-state index contributed by atoms with van der Waals surface area (Å²) in [6.45, 7) is 2.35. The number of amides is 1. The Morgan fingerprint density at radius 1 is 1.43 bits per heavy atom. The van der Waals surface area contributed by atoms with Crippen molar-refractivity contribution in [3.05, 3.63) is 39.9 Å². The number of carbonyl (C=O) groups is 1. The van der Waals surface area contributed by atoms with Gasteiger partial charge in [0.2, 0.25) is 5.91 Å². The molecule has 0 aliphatic heterocycles. The second-order valence-electron chi connectivity index (χ2n) is 5.50. The van der Waals surface area contributed by atoms with Crippen LogP contribution in [0.4, 0.5) is 5.69 Å². The van der Waals surface area contributed by atoms with Crippen LogP contribution in [0.1, 0.15) is 31.7 Å². The van der Waals surface area contributed by atoms with Crippen LogP contribution in [0.2, 0.25) is 0 Å². The van der Waals surface area contributed by atoms with Crippen molar-refractivity contribution in [2.75, 3.05) is 13.7 Å². The van der Waals surface area contributed by atoms with Crippen molar-refractivity contribution in [2.45, 2.75) is 37.7 Å². The predicted octanol–water partition coefficient (Wildman–Crippen LogP) is 2.17. The van der Waals surface area contributed by atoms with E-state index in [1.807, 2.05) is 6.92 Å². The molecule has 2 rings (SSSR count). The number of ether oxygens (including phenoxy) is 1. The molecule has 6 nitrogen and oxygen atoms in total. The van der Waals surface area contributed by atoms with Crippen LogP contribution in [0.25, 0.3) is 0 Å². The fraction of sp³-hybridized carbons (Fsp3) is 0.533. The molecule has 0 bridgehead atoms. The van der Waals surface area contributed by atoms with E-state index in [-0.39, 0.29) is 17.7 Å². The summed E-state index contributed by atoms with van der Waals surface area (Å²) in [5.41, 5.74) is 0.353. The van der Waals surface area contributed by atoms with Crippen molar-refractivity contribution in [3.63, 3.8) is 0 Å². The highest BCUT2D eigenvalue weighted by molar-refractivity contribution is 5.89. The normalized spacial score (nSPS) is 17.6. The molecule has 1 aromatic rings. The molecule has 1 amide bonds. The molecule has 0 radical (unpaired) electrons. The Labute approximate surface area is 123 Å². The lowest BCUT2D eigenvalue weighted by molar-refractivity contribution is -0.384. The predicted molar refractivity (Wildman–Crippen MR) is 78.1 cm³/mol. The monoisotopic (exact) mass is 292 g/mol. The van der Waals surface area contributed by atoms with E-state index in [2.05, 4.69) is 5.32 Å². The molecule has 21 heavy (non-hydrogen) atoms.